The van der Waals surface area contributed by atoms with Crippen molar-refractivity contribution in [2.45, 2.75) is 44.6 Å². The first-order chi connectivity index (χ1) is 9.14. The van der Waals surface area contributed by atoms with Gasteiger partial charge >= 0.3 is 5.97 Å². The normalized spacial score (nSPS) is 18.8. The molecule has 0 spiro atoms. The number of rotatable bonds is 4. The van der Waals surface area contributed by atoms with Gasteiger partial charge in [-0.15, -0.1) is 0 Å². The summed E-state index contributed by atoms with van der Waals surface area (Å²) in [6.07, 6.45) is 4.49. The van der Waals surface area contributed by atoms with Gasteiger partial charge in [0.05, 0.1) is 12.3 Å². The number of anilines is 1. The summed E-state index contributed by atoms with van der Waals surface area (Å²) in [6.45, 7) is 2.21. The van der Waals surface area contributed by atoms with E-state index in [2.05, 4.69) is 15.3 Å². The number of carbonyl (C=O) groups is 1. The van der Waals surface area contributed by atoms with Gasteiger partial charge < -0.3 is 10.1 Å². The second-order valence-electron chi connectivity index (χ2n) is 5.05. The molecule has 1 saturated carbocycles. The first kappa shape index (κ1) is 12.7. The van der Waals surface area contributed by atoms with Crippen LogP contribution in [0.25, 0.3) is 0 Å². The zero-order chi connectivity index (χ0) is 13.5. The molecule has 0 aromatic carbocycles. The molecule has 2 aliphatic carbocycles. The predicted molar refractivity (Wildman–Crippen MR) is 71.3 cm³/mol. The average Bonchev–Trinajstić information content (AvgIpc) is 2.99. The highest BCUT2D eigenvalue weighted by Gasteiger charge is 2.52. The Hall–Kier alpha value is -1.36. The van der Waals surface area contributed by atoms with E-state index in [1.807, 2.05) is 6.92 Å². The quantitative estimate of drug-likeness (QED) is 0.676. The topological polar surface area (TPSA) is 64.1 Å². The number of fused-ring (bicyclic) bond motifs is 1. The lowest BCUT2D eigenvalue weighted by Gasteiger charge is -2.18. The fourth-order valence-corrected chi connectivity index (χ4v) is 2.69. The minimum atomic E-state index is -0.593. The van der Waals surface area contributed by atoms with Crippen molar-refractivity contribution < 1.29 is 9.53 Å². The smallest absolute Gasteiger partial charge is 0.331 e. The molecule has 5 nitrogen and oxygen atoms in total. The van der Waals surface area contributed by atoms with E-state index in [0.717, 1.165) is 43.4 Å². The van der Waals surface area contributed by atoms with Gasteiger partial charge in [0.1, 0.15) is 11.4 Å². The maximum atomic E-state index is 12.0. The Kier molecular flexibility index (Phi) is 3.09. The van der Waals surface area contributed by atoms with E-state index in [0.29, 0.717) is 12.4 Å². The van der Waals surface area contributed by atoms with Crippen LogP contribution in [0.15, 0.2) is 0 Å². The Morgan fingerprint density at radius 3 is 2.89 bits per heavy atom. The van der Waals surface area contributed by atoms with E-state index in [9.17, 15) is 4.79 Å². The third kappa shape index (κ3) is 2.27. The van der Waals surface area contributed by atoms with Gasteiger partial charge in [-0.1, -0.05) is 0 Å². The number of ether oxygens (including phenoxy) is 1. The highest BCUT2D eigenvalue weighted by Crippen LogP contribution is 2.41. The van der Waals surface area contributed by atoms with E-state index < -0.39 is 5.54 Å². The van der Waals surface area contributed by atoms with Crippen molar-refractivity contribution in [1.82, 2.24) is 9.97 Å². The van der Waals surface area contributed by atoms with Crippen molar-refractivity contribution in [3.8, 4) is 0 Å². The number of carbonyl (C=O) groups excluding carboxylic acids is 1. The molecule has 1 aromatic rings. The van der Waals surface area contributed by atoms with Crippen molar-refractivity contribution in [3.05, 3.63) is 16.5 Å². The van der Waals surface area contributed by atoms with Gasteiger partial charge in [0.15, 0.2) is 0 Å². The highest BCUT2D eigenvalue weighted by atomic mass is 35.5. The number of hydrogen-bond acceptors (Lipinski definition) is 5. The molecule has 6 heteroatoms. The van der Waals surface area contributed by atoms with Crippen LogP contribution in [0.1, 0.15) is 37.4 Å². The van der Waals surface area contributed by atoms with Crippen molar-refractivity contribution in [1.29, 1.82) is 0 Å². The molecule has 19 heavy (non-hydrogen) atoms. The zero-order valence-electron chi connectivity index (χ0n) is 10.8. The molecule has 1 heterocycles. The number of hydrogen-bond donors (Lipinski definition) is 1. The summed E-state index contributed by atoms with van der Waals surface area (Å²) in [6, 6.07) is 0. The van der Waals surface area contributed by atoms with Crippen LogP contribution >= 0.6 is 11.6 Å². The summed E-state index contributed by atoms with van der Waals surface area (Å²) in [7, 11) is 0. The SMILES string of the molecule is CCOC(=O)C1(Nc2nc(Cl)nc3c2CCC3)CC1. The first-order valence-corrected chi connectivity index (χ1v) is 7.03. The molecule has 0 saturated heterocycles. The molecular formula is C13H16ClN3O2. The Labute approximate surface area is 116 Å². The lowest BCUT2D eigenvalue weighted by molar-refractivity contribution is -0.145. The molecule has 1 aromatic heterocycles. The molecule has 3 rings (SSSR count). The Morgan fingerprint density at radius 1 is 1.42 bits per heavy atom. The largest absolute Gasteiger partial charge is 0.464 e. The molecule has 1 fully saturated rings. The average molecular weight is 282 g/mol. The van der Waals surface area contributed by atoms with Crippen LogP contribution in [0, 0.1) is 0 Å². The minimum Gasteiger partial charge on any atom is -0.464 e. The van der Waals surface area contributed by atoms with E-state index in [1.165, 1.54) is 0 Å². The highest BCUT2D eigenvalue weighted by molar-refractivity contribution is 6.28. The number of aromatic nitrogens is 2. The molecule has 0 radical (unpaired) electrons. The van der Waals surface area contributed by atoms with Crippen LogP contribution in [0.3, 0.4) is 0 Å². The maximum Gasteiger partial charge on any atom is 0.331 e. The predicted octanol–water partition coefficient (Wildman–Crippen LogP) is 2.13. The van der Waals surface area contributed by atoms with Crippen LogP contribution in [0.2, 0.25) is 5.28 Å². The van der Waals surface area contributed by atoms with Gasteiger partial charge in [0, 0.05) is 5.56 Å². The third-order valence-corrected chi connectivity index (χ3v) is 3.85. The summed E-state index contributed by atoms with van der Waals surface area (Å²) in [4.78, 5) is 20.4. The number of nitrogens with zero attached hydrogens (tertiary/aromatic N) is 2. The van der Waals surface area contributed by atoms with E-state index in [-0.39, 0.29) is 11.3 Å². The number of esters is 1. The molecule has 2 aliphatic rings. The number of aryl methyl sites for hydroxylation is 1. The number of halogens is 1. The van der Waals surface area contributed by atoms with Gasteiger partial charge in [-0.3, -0.25) is 0 Å². The van der Waals surface area contributed by atoms with Crippen LogP contribution in [-0.4, -0.2) is 28.1 Å². The van der Waals surface area contributed by atoms with Crippen molar-refractivity contribution >= 4 is 23.4 Å². The van der Waals surface area contributed by atoms with Crippen LogP contribution in [0.5, 0.6) is 0 Å². The molecule has 0 amide bonds. The fourth-order valence-electron chi connectivity index (χ4n) is 2.51. The number of nitrogens with one attached hydrogen (secondary N) is 1. The molecular weight excluding hydrogens is 266 g/mol. The lowest BCUT2D eigenvalue weighted by atomic mass is 10.2. The summed E-state index contributed by atoms with van der Waals surface area (Å²) in [5.41, 5.74) is 1.51. The molecule has 0 bridgehead atoms. The molecule has 0 unspecified atom stereocenters. The lowest BCUT2D eigenvalue weighted by Crippen LogP contribution is -2.34. The Bertz CT molecular complexity index is 529. The van der Waals surface area contributed by atoms with E-state index >= 15 is 0 Å². The molecule has 0 atom stereocenters. The van der Waals surface area contributed by atoms with Gasteiger partial charge in [-0.2, -0.15) is 0 Å². The summed E-state index contributed by atoms with van der Waals surface area (Å²) >= 11 is 5.94. The minimum absolute atomic E-state index is 0.198. The standard InChI is InChI=1S/C13H16ClN3O2/c1-2-19-11(18)13(6-7-13)17-10-8-4-3-5-9(8)15-12(14)16-10/h2-7H2,1H3,(H,15,16,17). The van der Waals surface area contributed by atoms with Crippen molar-refractivity contribution in [2.75, 3.05) is 11.9 Å². The van der Waals surface area contributed by atoms with Crippen LogP contribution in [0.4, 0.5) is 5.82 Å². The van der Waals surface area contributed by atoms with Gasteiger partial charge in [-0.05, 0) is 50.6 Å². The van der Waals surface area contributed by atoms with Crippen LogP contribution in [-0.2, 0) is 22.4 Å². The summed E-state index contributed by atoms with van der Waals surface area (Å²) < 4.78 is 5.11. The van der Waals surface area contributed by atoms with E-state index in [1.54, 1.807) is 0 Å². The Balaban J connectivity index is 1.86. The molecule has 1 N–H and O–H groups in total. The van der Waals surface area contributed by atoms with Gasteiger partial charge in [0.25, 0.3) is 0 Å². The van der Waals surface area contributed by atoms with Gasteiger partial charge in [0.2, 0.25) is 5.28 Å². The molecule has 0 aliphatic heterocycles. The van der Waals surface area contributed by atoms with Crippen molar-refractivity contribution in [3.63, 3.8) is 0 Å². The van der Waals surface area contributed by atoms with Gasteiger partial charge in [-0.25, -0.2) is 14.8 Å². The maximum absolute atomic E-state index is 12.0. The zero-order valence-corrected chi connectivity index (χ0v) is 11.6. The third-order valence-electron chi connectivity index (χ3n) is 3.68. The summed E-state index contributed by atoms with van der Waals surface area (Å²) in [5.74, 6) is 0.509. The second kappa shape index (κ2) is 4.63. The second-order valence-corrected chi connectivity index (χ2v) is 5.39. The Morgan fingerprint density at radius 2 is 2.21 bits per heavy atom. The monoisotopic (exact) mass is 281 g/mol. The van der Waals surface area contributed by atoms with Crippen molar-refractivity contribution in [2.24, 2.45) is 0 Å². The fraction of sp³-hybridized carbons (Fsp3) is 0.615. The van der Waals surface area contributed by atoms with Crippen LogP contribution < -0.4 is 5.32 Å². The first-order valence-electron chi connectivity index (χ1n) is 6.65. The molecule has 102 valence electrons. The summed E-state index contributed by atoms with van der Waals surface area (Å²) in [5, 5.41) is 3.48. The van der Waals surface area contributed by atoms with E-state index in [4.69, 9.17) is 16.3 Å².